The first-order valence-corrected chi connectivity index (χ1v) is 8.03. The Balaban J connectivity index is 1.48. The summed E-state index contributed by atoms with van der Waals surface area (Å²) in [5.74, 6) is 0.918. The summed E-state index contributed by atoms with van der Waals surface area (Å²) in [5, 5.41) is 19.8. The molecule has 1 aromatic heterocycles. The van der Waals surface area contributed by atoms with Gasteiger partial charge in [0, 0.05) is 12.5 Å². The van der Waals surface area contributed by atoms with Crippen LogP contribution in [0.4, 0.5) is 0 Å². The minimum absolute atomic E-state index is 0.0900. The first-order chi connectivity index (χ1) is 10.7. The highest BCUT2D eigenvalue weighted by molar-refractivity contribution is 5.79. The zero-order valence-corrected chi connectivity index (χ0v) is 12.7. The zero-order chi connectivity index (χ0) is 15.4. The number of rotatable bonds is 4. The molecule has 1 aromatic rings. The fourth-order valence-corrected chi connectivity index (χ4v) is 3.37. The van der Waals surface area contributed by atoms with E-state index in [1.807, 2.05) is 4.68 Å². The molecule has 1 fully saturated rings. The van der Waals surface area contributed by atoms with Crippen LogP contribution in [0.1, 0.15) is 44.3 Å². The van der Waals surface area contributed by atoms with Crippen molar-refractivity contribution in [2.75, 3.05) is 6.54 Å². The lowest BCUT2D eigenvalue weighted by Crippen LogP contribution is -2.52. The maximum atomic E-state index is 12.2. The molecule has 1 amide bonds. The molecule has 1 saturated carbocycles. The Morgan fingerprint density at radius 1 is 1.45 bits per heavy atom. The molecule has 0 radical (unpaired) electrons. The van der Waals surface area contributed by atoms with Gasteiger partial charge >= 0.3 is 0 Å². The quantitative estimate of drug-likeness (QED) is 0.845. The summed E-state index contributed by atoms with van der Waals surface area (Å²) in [5.41, 5.74) is -0.650. The number of amides is 1. The fraction of sp³-hybridized carbons (Fsp3) is 0.733. The van der Waals surface area contributed by atoms with E-state index in [1.165, 1.54) is 0 Å². The molecule has 2 aliphatic rings. The van der Waals surface area contributed by atoms with E-state index in [1.54, 1.807) is 6.33 Å². The topological polar surface area (TPSA) is 95.6 Å². The third-order valence-electron chi connectivity index (χ3n) is 4.66. The number of aryl methyl sites for hydroxylation is 1. The predicted octanol–water partition coefficient (Wildman–Crippen LogP) is 0.525. The van der Waals surface area contributed by atoms with Gasteiger partial charge in [0.05, 0.1) is 19.2 Å². The maximum Gasteiger partial charge on any atom is 0.235 e. The lowest BCUT2D eigenvalue weighted by Gasteiger charge is -2.32. The van der Waals surface area contributed by atoms with Gasteiger partial charge < -0.3 is 10.6 Å². The molecule has 3 rings (SSSR count). The SMILES string of the molecule is N#CC1(NC(=O)CNC2CCc3ncnn3C2)CCCCC1. The van der Waals surface area contributed by atoms with Crippen LogP contribution >= 0.6 is 0 Å². The molecule has 1 aliphatic carbocycles. The Bertz CT molecular complexity index is 569. The van der Waals surface area contributed by atoms with Gasteiger partial charge in [-0.25, -0.2) is 9.67 Å². The molecule has 0 spiro atoms. The van der Waals surface area contributed by atoms with E-state index in [4.69, 9.17) is 0 Å². The van der Waals surface area contributed by atoms with Gasteiger partial charge in [-0.3, -0.25) is 4.79 Å². The van der Waals surface area contributed by atoms with Gasteiger partial charge in [0.1, 0.15) is 17.7 Å². The number of hydrogen-bond acceptors (Lipinski definition) is 5. The van der Waals surface area contributed by atoms with Gasteiger partial charge in [0.25, 0.3) is 0 Å². The number of hydrogen-bond donors (Lipinski definition) is 2. The van der Waals surface area contributed by atoms with Crippen LogP contribution in [0.2, 0.25) is 0 Å². The fourth-order valence-electron chi connectivity index (χ4n) is 3.37. The summed E-state index contributed by atoms with van der Waals surface area (Å²) in [4.78, 5) is 16.3. The lowest BCUT2D eigenvalue weighted by molar-refractivity contribution is -0.122. The molecule has 1 unspecified atom stereocenters. The van der Waals surface area contributed by atoms with Crippen LogP contribution in [0.3, 0.4) is 0 Å². The second-order valence-corrected chi connectivity index (χ2v) is 6.28. The number of nitrogens with one attached hydrogen (secondary N) is 2. The van der Waals surface area contributed by atoms with Gasteiger partial charge in [0.2, 0.25) is 5.91 Å². The molecule has 7 nitrogen and oxygen atoms in total. The average molecular weight is 302 g/mol. The summed E-state index contributed by atoms with van der Waals surface area (Å²) in [6.45, 7) is 0.990. The van der Waals surface area contributed by atoms with Crippen LogP contribution in [0, 0.1) is 11.3 Å². The molecule has 0 saturated heterocycles. The molecule has 0 bridgehead atoms. The van der Waals surface area contributed by atoms with Crippen molar-refractivity contribution in [3.8, 4) is 6.07 Å². The van der Waals surface area contributed by atoms with Crippen molar-refractivity contribution < 1.29 is 4.79 Å². The van der Waals surface area contributed by atoms with Crippen molar-refractivity contribution >= 4 is 5.91 Å². The third kappa shape index (κ3) is 3.28. The molecule has 1 aliphatic heterocycles. The van der Waals surface area contributed by atoms with Crippen molar-refractivity contribution in [3.05, 3.63) is 12.2 Å². The van der Waals surface area contributed by atoms with Crippen molar-refractivity contribution in [2.24, 2.45) is 0 Å². The van der Waals surface area contributed by atoms with Gasteiger partial charge in [-0.15, -0.1) is 0 Å². The van der Waals surface area contributed by atoms with E-state index in [0.717, 1.165) is 57.3 Å². The largest absolute Gasteiger partial charge is 0.337 e. The number of aromatic nitrogens is 3. The summed E-state index contributed by atoms with van der Waals surface area (Å²) in [6.07, 6.45) is 8.11. The van der Waals surface area contributed by atoms with Gasteiger partial charge in [0.15, 0.2) is 0 Å². The zero-order valence-electron chi connectivity index (χ0n) is 12.7. The van der Waals surface area contributed by atoms with E-state index in [2.05, 4.69) is 26.8 Å². The second-order valence-electron chi connectivity index (χ2n) is 6.28. The van der Waals surface area contributed by atoms with Crippen LogP contribution < -0.4 is 10.6 Å². The molecular weight excluding hydrogens is 280 g/mol. The van der Waals surface area contributed by atoms with Crippen LogP contribution in [-0.2, 0) is 17.8 Å². The molecule has 1 atom stereocenters. The summed E-state index contributed by atoms with van der Waals surface area (Å²) >= 11 is 0. The van der Waals surface area contributed by atoms with E-state index >= 15 is 0 Å². The second kappa shape index (κ2) is 6.44. The van der Waals surface area contributed by atoms with E-state index < -0.39 is 5.54 Å². The molecule has 2 heterocycles. The van der Waals surface area contributed by atoms with Gasteiger partial charge in [-0.05, 0) is 19.3 Å². The molecule has 7 heteroatoms. The highest BCUT2D eigenvalue weighted by Crippen LogP contribution is 2.27. The van der Waals surface area contributed by atoms with Crippen LogP contribution in [-0.4, -0.2) is 38.8 Å². The number of carbonyl (C=O) groups is 1. The Kier molecular flexibility index (Phi) is 4.39. The number of carbonyl (C=O) groups excluding carboxylic acids is 1. The van der Waals surface area contributed by atoms with E-state index in [-0.39, 0.29) is 18.5 Å². The van der Waals surface area contributed by atoms with Crippen LogP contribution in [0.25, 0.3) is 0 Å². The standard InChI is InChI=1S/C15H22N6O/c16-10-15(6-2-1-3-7-15)20-14(22)8-17-12-4-5-13-18-11-19-21(13)9-12/h11-12,17H,1-9H2,(H,20,22). The minimum atomic E-state index is -0.650. The predicted molar refractivity (Wildman–Crippen MR) is 79.7 cm³/mol. The monoisotopic (exact) mass is 302 g/mol. The third-order valence-corrected chi connectivity index (χ3v) is 4.66. The highest BCUT2D eigenvalue weighted by atomic mass is 16.2. The number of nitriles is 1. The van der Waals surface area contributed by atoms with Crippen molar-refractivity contribution in [1.29, 1.82) is 5.26 Å². The van der Waals surface area contributed by atoms with E-state index in [9.17, 15) is 10.1 Å². The number of nitrogens with zero attached hydrogens (tertiary/aromatic N) is 4. The Hall–Kier alpha value is -1.94. The smallest absolute Gasteiger partial charge is 0.235 e. The summed E-state index contributed by atoms with van der Waals surface area (Å²) in [7, 11) is 0. The Morgan fingerprint density at radius 3 is 3.05 bits per heavy atom. The minimum Gasteiger partial charge on any atom is -0.337 e. The molecule has 2 N–H and O–H groups in total. The van der Waals surface area contributed by atoms with Crippen LogP contribution in [0.5, 0.6) is 0 Å². The highest BCUT2D eigenvalue weighted by Gasteiger charge is 2.33. The number of fused-ring (bicyclic) bond motifs is 1. The summed E-state index contributed by atoms with van der Waals surface area (Å²) in [6, 6.07) is 2.54. The lowest BCUT2D eigenvalue weighted by atomic mass is 9.83. The van der Waals surface area contributed by atoms with Crippen LogP contribution in [0.15, 0.2) is 6.33 Å². The molecule has 0 aromatic carbocycles. The van der Waals surface area contributed by atoms with Gasteiger partial charge in [-0.2, -0.15) is 10.4 Å². The van der Waals surface area contributed by atoms with Crippen molar-refractivity contribution in [2.45, 2.75) is 63.1 Å². The first-order valence-electron chi connectivity index (χ1n) is 8.03. The Morgan fingerprint density at radius 2 is 2.27 bits per heavy atom. The molecule has 118 valence electrons. The first kappa shape index (κ1) is 15.0. The van der Waals surface area contributed by atoms with E-state index in [0.29, 0.717) is 0 Å². The normalized spacial score (nSPS) is 23.3. The summed E-state index contributed by atoms with van der Waals surface area (Å²) < 4.78 is 1.89. The van der Waals surface area contributed by atoms with Crippen molar-refractivity contribution in [1.82, 2.24) is 25.4 Å². The van der Waals surface area contributed by atoms with Gasteiger partial charge in [-0.1, -0.05) is 19.3 Å². The molecule has 22 heavy (non-hydrogen) atoms. The maximum absolute atomic E-state index is 12.2. The Labute approximate surface area is 130 Å². The molecular formula is C15H22N6O. The van der Waals surface area contributed by atoms with Crippen molar-refractivity contribution in [3.63, 3.8) is 0 Å². The average Bonchev–Trinajstić information content (AvgIpc) is 3.01.